The maximum Gasteiger partial charge on any atom is 0.254 e. The fourth-order valence-corrected chi connectivity index (χ4v) is 2.51. The Morgan fingerprint density at radius 2 is 2.15 bits per heavy atom. The van der Waals surface area contributed by atoms with Gasteiger partial charge >= 0.3 is 0 Å². The number of rotatable bonds is 1. The average Bonchev–Trinajstić information content (AvgIpc) is 2.80. The summed E-state index contributed by atoms with van der Waals surface area (Å²) in [4.78, 5) is 25.4. The topological polar surface area (TPSA) is 67.9 Å². The molecule has 1 N–H and O–H groups in total. The molecular weight excluding hydrogens is 284 g/mol. The molecule has 2 amide bonds. The van der Waals surface area contributed by atoms with Crippen LogP contribution in [0.5, 0.6) is 11.5 Å². The van der Waals surface area contributed by atoms with Gasteiger partial charge in [-0.2, -0.15) is 0 Å². The van der Waals surface area contributed by atoms with Gasteiger partial charge in [-0.05, 0) is 12.1 Å². The number of fused-ring (bicyclic) bond motifs is 1. The average molecular weight is 297 g/mol. The molecular formula is C13H13ClN2O4. The number of hydrogen-bond acceptors (Lipinski definition) is 4. The Bertz CT molecular complexity index is 576. The lowest BCUT2D eigenvalue weighted by Crippen LogP contribution is -2.34. The molecule has 1 aromatic carbocycles. The molecule has 0 spiro atoms. The summed E-state index contributed by atoms with van der Waals surface area (Å²) < 4.78 is 10.5. The van der Waals surface area contributed by atoms with Crippen LogP contribution in [0.4, 0.5) is 0 Å². The molecule has 20 heavy (non-hydrogen) atoms. The number of amides is 2. The smallest absolute Gasteiger partial charge is 0.254 e. The van der Waals surface area contributed by atoms with E-state index in [4.69, 9.17) is 21.1 Å². The van der Waals surface area contributed by atoms with E-state index in [1.54, 1.807) is 17.0 Å². The van der Waals surface area contributed by atoms with Crippen LogP contribution in [0.2, 0.25) is 5.02 Å². The molecule has 0 aliphatic carbocycles. The number of halogens is 1. The Kier molecular flexibility index (Phi) is 3.40. The molecule has 0 bridgehead atoms. The van der Waals surface area contributed by atoms with Gasteiger partial charge in [0.05, 0.1) is 5.02 Å². The molecule has 0 atom stereocenters. The monoisotopic (exact) mass is 296 g/mol. The van der Waals surface area contributed by atoms with Gasteiger partial charge < -0.3 is 19.7 Å². The van der Waals surface area contributed by atoms with E-state index in [9.17, 15) is 9.59 Å². The second kappa shape index (κ2) is 5.20. The Balaban J connectivity index is 1.83. The quantitative estimate of drug-likeness (QED) is 0.840. The van der Waals surface area contributed by atoms with Crippen LogP contribution in [0.25, 0.3) is 0 Å². The first-order chi connectivity index (χ1) is 9.65. The summed E-state index contributed by atoms with van der Waals surface area (Å²) in [5, 5.41) is 3.08. The van der Waals surface area contributed by atoms with Crippen LogP contribution >= 0.6 is 11.6 Å². The Morgan fingerprint density at radius 1 is 1.30 bits per heavy atom. The van der Waals surface area contributed by atoms with Crippen LogP contribution in [-0.2, 0) is 4.79 Å². The van der Waals surface area contributed by atoms with Crippen LogP contribution in [-0.4, -0.2) is 43.1 Å². The van der Waals surface area contributed by atoms with E-state index in [0.717, 1.165) is 0 Å². The zero-order valence-electron chi connectivity index (χ0n) is 10.6. The zero-order chi connectivity index (χ0) is 14.1. The lowest BCUT2D eigenvalue weighted by atomic mass is 10.1. The number of ether oxygens (including phenoxy) is 2. The molecule has 1 saturated heterocycles. The minimum absolute atomic E-state index is 0.0379. The summed E-state index contributed by atoms with van der Waals surface area (Å²) in [6, 6.07) is 3.19. The molecule has 7 heteroatoms. The lowest BCUT2D eigenvalue weighted by molar-refractivity contribution is -0.120. The van der Waals surface area contributed by atoms with Gasteiger partial charge in [0.2, 0.25) is 12.7 Å². The van der Waals surface area contributed by atoms with Crippen molar-refractivity contribution in [3.8, 4) is 11.5 Å². The van der Waals surface area contributed by atoms with Gasteiger partial charge in [-0.15, -0.1) is 0 Å². The first-order valence-electron chi connectivity index (χ1n) is 6.30. The van der Waals surface area contributed by atoms with Gasteiger partial charge in [0.25, 0.3) is 5.91 Å². The van der Waals surface area contributed by atoms with Gasteiger partial charge in [0.15, 0.2) is 11.5 Å². The molecule has 2 aliphatic rings. The number of nitrogens with one attached hydrogen (secondary N) is 1. The minimum atomic E-state index is -0.165. The number of benzene rings is 1. The van der Waals surface area contributed by atoms with Crippen molar-refractivity contribution in [2.45, 2.75) is 6.42 Å². The standard InChI is InChI=1S/C13H13ClN2O4/c14-9-5-8(6-10-12(9)20-7-19-10)13(18)16-3-1-11(17)15-2-4-16/h5-6H,1-4,7H2,(H,15,17). The maximum absolute atomic E-state index is 12.4. The van der Waals surface area contributed by atoms with Crippen LogP contribution in [0.15, 0.2) is 12.1 Å². The van der Waals surface area contributed by atoms with Gasteiger partial charge in [-0.25, -0.2) is 0 Å². The number of nitrogens with zero attached hydrogens (tertiary/aromatic N) is 1. The molecule has 0 radical (unpaired) electrons. The highest BCUT2D eigenvalue weighted by Crippen LogP contribution is 2.40. The van der Waals surface area contributed by atoms with Crippen molar-refractivity contribution in [2.24, 2.45) is 0 Å². The number of carbonyl (C=O) groups excluding carboxylic acids is 2. The van der Waals surface area contributed by atoms with E-state index in [1.807, 2.05) is 0 Å². The third-order valence-corrected chi connectivity index (χ3v) is 3.55. The molecule has 1 aromatic rings. The fourth-order valence-electron chi connectivity index (χ4n) is 2.24. The van der Waals surface area contributed by atoms with Crippen LogP contribution in [0.1, 0.15) is 16.8 Å². The highest BCUT2D eigenvalue weighted by atomic mass is 35.5. The summed E-state index contributed by atoms with van der Waals surface area (Å²) in [6.07, 6.45) is 0.310. The number of carbonyl (C=O) groups is 2. The Labute approximate surface area is 120 Å². The van der Waals surface area contributed by atoms with Crippen molar-refractivity contribution in [1.29, 1.82) is 0 Å². The Hall–Kier alpha value is -1.95. The summed E-state index contributed by atoms with van der Waals surface area (Å²) >= 11 is 6.07. The summed E-state index contributed by atoms with van der Waals surface area (Å²) in [6.45, 7) is 1.45. The molecule has 0 aromatic heterocycles. The van der Waals surface area contributed by atoms with E-state index < -0.39 is 0 Å². The van der Waals surface area contributed by atoms with E-state index >= 15 is 0 Å². The fraction of sp³-hybridized carbons (Fsp3) is 0.385. The predicted octanol–water partition coefficient (Wildman–Crippen LogP) is 1.03. The molecule has 3 rings (SSSR count). The van der Waals surface area contributed by atoms with Gasteiger partial charge in [-0.1, -0.05) is 11.6 Å². The minimum Gasteiger partial charge on any atom is -0.454 e. The Morgan fingerprint density at radius 3 is 3.00 bits per heavy atom. The lowest BCUT2D eigenvalue weighted by Gasteiger charge is -2.19. The van der Waals surface area contributed by atoms with E-state index in [0.29, 0.717) is 48.1 Å². The molecule has 0 unspecified atom stereocenters. The second-order valence-electron chi connectivity index (χ2n) is 4.58. The maximum atomic E-state index is 12.4. The van der Waals surface area contributed by atoms with Crippen molar-refractivity contribution in [3.63, 3.8) is 0 Å². The van der Waals surface area contributed by atoms with Gasteiger partial charge in [-0.3, -0.25) is 9.59 Å². The van der Waals surface area contributed by atoms with Crippen molar-refractivity contribution < 1.29 is 19.1 Å². The highest BCUT2D eigenvalue weighted by Gasteiger charge is 2.24. The van der Waals surface area contributed by atoms with Crippen molar-refractivity contribution >= 4 is 23.4 Å². The van der Waals surface area contributed by atoms with Crippen LogP contribution < -0.4 is 14.8 Å². The number of hydrogen-bond donors (Lipinski definition) is 1. The summed E-state index contributed by atoms with van der Waals surface area (Å²) in [5.74, 6) is 0.742. The van der Waals surface area contributed by atoms with Gasteiger partial charge in [0.1, 0.15) is 0 Å². The van der Waals surface area contributed by atoms with Crippen molar-refractivity contribution in [1.82, 2.24) is 10.2 Å². The summed E-state index contributed by atoms with van der Waals surface area (Å²) in [7, 11) is 0. The van der Waals surface area contributed by atoms with Gasteiger partial charge in [0, 0.05) is 31.6 Å². The van der Waals surface area contributed by atoms with Crippen LogP contribution in [0.3, 0.4) is 0 Å². The third-order valence-electron chi connectivity index (χ3n) is 3.27. The SMILES string of the molecule is O=C1CCN(C(=O)c2cc(Cl)c3c(c2)OCO3)CCN1. The molecule has 0 saturated carbocycles. The predicted molar refractivity (Wildman–Crippen MR) is 71.1 cm³/mol. The van der Waals surface area contributed by atoms with E-state index in [-0.39, 0.29) is 18.6 Å². The summed E-state index contributed by atoms with van der Waals surface area (Å²) in [5.41, 5.74) is 0.439. The first-order valence-corrected chi connectivity index (χ1v) is 6.68. The van der Waals surface area contributed by atoms with E-state index in [1.165, 1.54) is 0 Å². The first kappa shape index (κ1) is 13.1. The van der Waals surface area contributed by atoms with Crippen molar-refractivity contribution in [2.75, 3.05) is 26.4 Å². The molecule has 6 nitrogen and oxygen atoms in total. The van der Waals surface area contributed by atoms with Crippen LogP contribution in [0, 0.1) is 0 Å². The normalized spacial score (nSPS) is 17.6. The molecule has 106 valence electrons. The third kappa shape index (κ3) is 2.38. The van der Waals surface area contributed by atoms with E-state index in [2.05, 4.69) is 5.32 Å². The largest absolute Gasteiger partial charge is 0.454 e. The zero-order valence-corrected chi connectivity index (χ0v) is 11.4. The van der Waals surface area contributed by atoms with Crippen molar-refractivity contribution in [3.05, 3.63) is 22.7 Å². The molecule has 2 aliphatic heterocycles. The second-order valence-corrected chi connectivity index (χ2v) is 4.99. The molecule has 2 heterocycles. The molecule has 1 fully saturated rings. The highest BCUT2D eigenvalue weighted by molar-refractivity contribution is 6.32.